The zero-order valence-electron chi connectivity index (χ0n) is 12.8. The third kappa shape index (κ3) is 5.97. The number of nitrogens with one attached hydrogen (secondary N) is 2. The van der Waals surface area contributed by atoms with Crippen molar-refractivity contribution in [2.45, 2.75) is 6.18 Å². The third-order valence-corrected chi connectivity index (χ3v) is 4.43. The van der Waals surface area contributed by atoms with Gasteiger partial charge in [0.05, 0.1) is 16.8 Å². The Hall–Kier alpha value is -2.18. The fourth-order valence-corrected chi connectivity index (χ4v) is 3.36. The summed E-state index contributed by atoms with van der Waals surface area (Å²) in [5, 5.41) is 8.92. The van der Waals surface area contributed by atoms with Gasteiger partial charge in [-0.15, -0.1) is 10.2 Å². The van der Waals surface area contributed by atoms with Crippen LogP contribution >= 0.6 is 22.9 Å². The molecule has 1 aromatic heterocycles. The average molecular weight is 427 g/mol. The summed E-state index contributed by atoms with van der Waals surface area (Å²) in [6.45, 7) is 0. The first-order valence-corrected chi connectivity index (χ1v) is 9.70. The SMILES string of the molecule is CS(=O)(=O)Nc1nnc(NC(=O)C=Cc2ccc(Cl)c(C(F)(F)F)c2)s1. The van der Waals surface area contributed by atoms with Crippen LogP contribution in [-0.2, 0) is 21.0 Å². The molecule has 0 atom stereocenters. The van der Waals surface area contributed by atoms with Gasteiger partial charge in [0.15, 0.2) is 0 Å². The summed E-state index contributed by atoms with van der Waals surface area (Å²) in [6.07, 6.45) is -1.53. The fourth-order valence-electron chi connectivity index (χ4n) is 1.66. The molecule has 0 bridgehead atoms. The predicted molar refractivity (Wildman–Crippen MR) is 92.5 cm³/mol. The largest absolute Gasteiger partial charge is 0.417 e. The van der Waals surface area contributed by atoms with Crippen LogP contribution in [-0.4, -0.2) is 30.8 Å². The lowest BCUT2D eigenvalue weighted by Gasteiger charge is -2.09. The number of hydrogen-bond donors (Lipinski definition) is 2. The number of amides is 1. The quantitative estimate of drug-likeness (QED) is 0.715. The van der Waals surface area contributed by atoms with E-state index in [1.807, 2.05) is 0 Å². The van der Waals surface area contributed by atoms with Crippen LogP contribution in [0, 0.1) is 0 Å². The van der Waals surface area contributed by atoms with Crippen LogP contribution in [0.4, 0.5) is 23.4 Å². The maximum atomic E-state index is 12.8. The Balaban J connectivity index is 2.06. The van der Waals surface area contributed by atoms with Gasteiger partial charge in [-0.3, -0.25) is 14.8 Å². The van der Waals surface area contributed by atoms with Gasteiger partial charge in [-0.25, -0.2) is 8.42 Å². The molecule has 0 aliphatic carbocycles. The number of alkyl halides is 3. The molecular formula is C13H10ClF3N4O3S2. The number of sulfonamides is 1. The van der Waals surface area contributed by atoms with Crippen molar-refractivity contribution >= 4 is 55.2 Å². The highest BCUT2D eigenvalue weighted by Crippen LogP contribution is 2.35. The maximum absolute atomic E-state index is 12.8. The van der Waals surface area contributed by atoms with E-state index < -0.39 is 32.7 Å². The Morgan fingerprint density at radius 2 is 1.92 bits per heavy atom. The molecule has 0 saturated carbocycles. The average Bonchev–Trinajstić information content (AvgIpc) is 2.90. The van der Waals surface area contributed by atoms with Crippen LogP contribution in [0.15, 0.2) is 24.3 Å². The van der Waals surface area contributed by atoms with Crippen molar-refractivity contribution in [3.8, 4) is 0 Å². The Morgan fingerprint density at radius 1 is 1.27 bits per heavy atom. The minimum absolute atomic E-state index is 0.0119. The van der Waals surface area contributed by atoms with E-state index in [1.165, 1.54) is 6.07 Å². The molecule has 0 aliphatic rings. The standard InChI is InChI=1S/C13H10ClF3N4O3S2/c1-26(23,24)21-12-20-19-11(25-12)18-10(22)5-3-7-2-4-9(14)8(6-7)13(15,16)17/h2-6H,1H3,(H,20,21)(H,18,19,22). The first-order chi connectivity index (χ1) is 11.9. The number of halogens is 4. The highest BCUT2D eigenvalue weighted by molar-refractivity contribution is 7.92. The molecule has 0 saturated heterocycles. The van der Waals surface area contributed by atoms with E-state index in [-0.39, 0.29) is 15.8 Å². The lowest BCUT2D eigenvalue weighted by molar-refractivity contribution is -0.137. The molecule has 0 unspecified atom stereocenters. The van der Waals surface area contributed by atoms with Crippen molar-refractivity contribution in [1.82, 2.24) is 10.2 Å². The van der Waals surface area contributed by atoms with Gasteiger partial charge < -0.3 is 0 Å². The molecule has 0 aliphatic heterocycles. The van der Waals surface area contributed by atoms with Gasteiger partial charge in [-0.1, -0.05) is 29.0 Å². The van der Waals surface area contributed by atoms with Crippen LogP contribution in [0.5, 0.6) is 0 Å². The highest BCUT2D eigenvalue weighted by Gasteiger charge is 2.33. The van der Waals surface area contributed by atoms with Gasteiger partial charge in [0, 0.05) is 6.08 Å². The first kappa shape index (κ1) is 20.1. The third-order valence-electron chi connectivity index (χ3n) is 2.65. The second-order valence-corrected chi connectivity index (χ2v) is 7.98. The number of hydrogen-bond acceptors (Lipinski definition) is 6. The highest BCUT2D eigenvalue weighted by atomic mass is 35.5. The Bertz CT molecular complexity index is 958. The molecule has 2 N–H and O–H groups in total. The van der Waals surface area contributed by atoms with E-state index in [4.69, 9.17) is 11.6 Å². The van der Waals surface area contributed by atoms with Gasteiger partial charge >= 0.3 is 6.18 Å². The van der Waals surface area contributed by atoms with E-state index >= 15 is 0 Å². The van der Waals surface area contributed by atoms with E-state index in [0.717, 1.165) is 41.9 Å². The minimum Gasteiger partial charge on any atom is -0.297 e. The van der Waals surface area contributed by atoms with E-state index in [2.05, 4.69) is 20.2 Å². The Kier molecular flexibility index (Phi) is 5.88. The van der Waals surface area contributed by atoms with Gasteiger partial charge in [-0.05, 0) is 23.8 Å². The number of nitrogens with zero attached hydrogens (tertiary/aromatic N) is 2. The van der Waals surface area contributed by atoms with E-state index in [0.29, 0.717) is 0 Å². The van der Waals surface area contributed by atoms with Gasteiger partial charge in [0.2, 0.25) is 26.2 Å². The topological polar surface area (TPSA) is 101 Å². The van der Waals surface area contributed by atoms with E-state index in [9.17, 15) is 26.4 Å². The fraction of sp³-hybridized carbons (Fsp3) is 0.154. The van der Waals surface area contributed by atoms with Crippen molar-refractivity contribution in [3.05, 3.63) is 40.4 Å². The molecule has 0 fully saturated rings. The Labute approximate surface area is 154 Å². The van der Waals surface area contributed by atoms with Crippen LogP contribution in [0.25, 0.3) is 6.08 Å². The monoisotopic (exact) mass is 426 g/mol. The molecule has 2 aromatic rings. The number of benzene rings is 1. The summed E-state index contributed by atoms with van der Waals surface area (Å²) < 4.78 is 62.5. The van der Waals surface area contributed by atoms with Gasteiger partial charge in [-0.2, -0.15) is 13.2 Å². The van der Waals surface area contributed by atoms with Crippen LogP contribution in [0.2, 0.25) is 5.02 Å². The minimum atomic E-state index is -4.61. The summed E-state index contributed by atoms with van der Waals surface area (Å²) in [4.78, 5) is 11.8. The normalized spacial score (nSPS) is 12.3. The summed E-state index contributed by atoms with van der Waals surface area (Å²) in [5.74, 6) is -0.685. The van der Waals surface area contributed by atoms with Crippen LogP contribution < -0.4 is 10.0 Å². The summed E-state index contributed by atoms with van der Waals surface area (Å²) in [7, 11) is -3.53. The molecule has 26 heavy (non-hydrogen) atoms. The zero-order valence-corrected chi connectivity index (χ0v) is 15.2. The lowest BCUT2D eigenvalue weighted by Crippen LogP contribution is -2.09. The van der Waals surface area contributed by atoms with Crippen molar-refractivity contribution in [2.24, 2.45) is 0 Å². The second-order valence-electron chi connectivity index (χ2n) is 4.85. The summed E-state index contributed by atoms with van der Waals surface area (Å²) in [6, 6.07) is 3.21. The smallest absolute Gasteiger partial charge is 0.297 e. The number of aromatic nitrogens is 2. The molecule has 1 aromatic carbocycles. The molecule has 0 spiro atoms. The summed E-state index contributed by atoms with van der Waals surface area (Å²) in [5.41, 5.74) is -0.893. The second kappa shape index (κ2) is 7.60. The molecule has 7 nitrogen and oxygen atoms in total. The lowest BCUT2D eigenvalue weighted by atomic mass is 10.1. The number of carbonyl (C=O) groups is 1. The number of anilines is 2. The molecule has 2 rings (SSSR count). The van der Waals surface area contributed by atoms with Crippen molar-refractivity contribution in [3.63, 3.8) is 0 Å². The van der Waals surface area contributed by atoms with Gasteiger partial charge in [0.25, 0.3) is 0 Å². The molecule has 140 valence electrons. The number of rotatable bonds is 5. The van der Waals surface area contributed by atoms with Gasteiger partial charge in [0.1, 0.15) is 0 Å². The summed E-state index contributed by atoms with van der Waals surface area (Å²) >= 11 is 6.29. The molecule has 1 amide bonds. The van der Waals surface area contributed by atoms with Crippen molar-refractivity contribution in [1.29, 1.82) is 0 Å². The van der Waals surface area contributed by atoms with Crippen LogP contribution in [0.3, 0.4) is 0 Å². The first-order valence-electron chi connectivity index (χ1n) is 6.61. The zero-order chi connectivity index (χ0) is 19.5. The van der Waals surface area contributed by atoms with Crippen LogP contribution in [0.1, 0.15) is 11.1 Å². The molecular weight excluding hydrogens is 417 g/mol. The maximum Gasteiger partial charge on any atom is 0.417 e. The molecule has 0 radical (unpaired) electrons. The molecule has 1 heterocycles. The molecule has 13 heteroatoms. The van der Waals surface area contributed by atoms with Crippen molar-refractivity contribution in [2.75, 3.05) is 16.3 Å². The van der Waals surface area contributed by atoms with E-state index in [1.54, 1.807) is 0 Å². The number of carbonyl (C=O) groups excluding carboxylic acids is 1. The van der Waals surface area contributed by atoms with Crippen molar-refractivity contribution < 1.29 is 26.4 Å². The predicted octanol–water partition coefficient (Wildman–Crippen LogP) is 3.23. The Morgan fingerprint density at radius 3 is 2.54 bits per heavy atom.